The maximum Gasteiger partial charge on any atom is 0.290 e. The van der Waals surface area contributed by atoms with E-state index in [0.29, 0.717) is 24.5 Å². The van der Waals surface area contributed by atoms with Crippen LogP contribution in [0.4, 0.5) is 11.5 Å². The molecule has 0 bridgehead atoms. The summed E-state index contributed by atoms with van der Waals surface area (Å²) in [5.41, 5.74) is 0.425. The van der Waals surface area contributed by atoms with Crippen LogP contribution in [0.15, 0.2) is 12.1 Å². The van der Waals surface area contributed by atoms with Crippen molar-refractivity contribution in [3.63, 3.8) is 0 Å². The van der Waals surface area contributed by atoms with E-state index < -0.39 is 4.92 Å². The van der Waals surface area contributed by atoms with Gasteiger partial charge < -0.3 is 10.0 Å². The lowest BCUT2D eigenvalue weighted by Gasteiger charge is -2.19. The number of hydrogen-bond donors (Lipinski definition) is 1. The molecule has 0 amide bonds. The quantitative estimate of drug-likeness (QED) is 0.622. The molecule has 0 spiro atoms. The molecule has 1 N–H and O–H groups in total. The van der Waals surface area contributed by atoms with Crippen molar-refractivity contribution in [1.82, 2.24) is 4.98 Å². The lowest BCUT2D eigenvalue weighted by molar-refractivity contribution is -0.385. The number of nitro groups is 1. The standard InChI is InChI=1S/C11H17N3O3/c1-8(15)6-7-13(3)11-5-4-10(14(16)17)9(2)12-11/h4-5,8,15H,6-7H2,1-3H3. The van der Waals surface area contributed by atoms with E-state index in [1.807, 2.05) is 11.9 Å². The van der Waals surface area contributed by atoms with Crippen molar-refractivity contribution in [3.05, 3.63) is 27.9 Å². The zero-order chi connectivity index (χ0) is 13.0. The monoisotopic (exact) mass is 239 g/mol. The molecule has 17 heavy (non-hydrogen) atoms. The Balaban J connectivity index is 2.79. The number of rotatable bonds is 5. The van der Waals surface area contributed by atoms with Gasteiger partial charge in [0.25, 0.3) is 5.69 Å². The smallest absolute Gasteiger partial charge is 0.290 e. The van der Waals surface area contributed by atoms with E-state index in [4.69, 9.17) is 0 Å². The number of nitrogens with zero attached hydrogens (tertiary/aromatic N) is 3. The van der Waals surface area contributed by atoms with Gasteiger partial charge in [-0.15, -0.1) is 0 Å². The molecule has 0 radical (unpaired) electrons. The van der Waals surface area contributed by atoms with Crippen LogP contribution < -0.4 is 4.90 Å². The Morgan fingerprint density at radius 3 is 2.71 bits per heavy atom. The minimum Gasteiger partial charge on any atom is -0.393 e. The second-order valence-corrected chi connectivity index (χ2v) is 4.09. The summed E-state index contributed by atoms with van der Waals surface area (Å²) >= 11 is 0. The molecule has 0 aliphatic carbocycles. The summed E-state index contributed by atoms with van der Waals surface area (Å²) in [5.74, 6) is 0.675. The summed E-state index contributed by atoms with van der Waals surface area (Å²) in [6.07, 6.45) is 0.269. The molecule has 0 aliphatic heterocycles. The Bertz CT molecular complexity index is 407. The molecule has 1 unspecified atom stereocenters. The van der Waals surface area contributed by atoms with Gasteiger partial charge in [-0.1, -0.05) is 0 Å². The molecule has 6 nitrogen and oxygen atoms in total. The van der Waals surface area contributed by atoms with Gasteiger partial charge >= 0.3 is 0 Å². The van der Waals surface area contributed by atoms with Crippen LogP contribution in [0.3, 0.4) is 0 Å². The second-order valence-electron chi connectivity index (χ2n) is 4.09. The third-order valence-electron chi connectivity index (χ3n) is 2.51. The van der Waals surface area contributed by atoms with E-state index in [-0.39, 0.29) is 11.8 Å². The first-order chi connectivity index (χ1) is 7.91. The first-order valence-corrected chi connectivity index (χ1v) is 5.43. The molecule has 1 aromatic rings. The number of aliphatic hydroxyl groups is 1. The molecule has 1 aromatic heterocycles. The summed E-state index contributed by atoms with van der Waals surface area (Å²) in [4.78, 5) is 16.2. The normalized spacial score (nSPS) is 12.2. The Labute approximate surface area is 100 Å². The van der Waals surface area contributed by atoms with Crippen LogP contribution in [0.5, 0.6) is 0 Å². The van der Waals surface area contributed by atoms with Gasteiger partial charge in [0.05, 0.1) is 11.0 Å². The van der Waals surface area contributed by atoms with E-state index in [1.165, 1.54) is 6.07 Å². The number of aryl methyl sites for hydroxylation is 1. The van der Waals surface area contributed by atoms with E-state index in [0.717, 1.165) is 0 Å². The maximum atomic E-state index is 10.6. The molecular formula is C11H17N3O3. The predicted molar refractivity (Wildman–Crippen MR) is 65.2 cm³/mol. The zero-order valence-electron chi connectivity index (χ0n) is 10.3. The highest BCUT2D eigenvalue weighted by Crippen LogP contribution is 2.19. The van der Waals surface area contributed by atoms with Gasteiger partial charge in [0.1, 0.15) is 11.5 Å². The molecule has 1 atom stereocenters. The van der Waals surface area contributed by atoms with Crippen LogP contribution in [0.1, 0.15) is 19.0 Å². The number of pyridine rings is 1. The van der Waals surface area contributed by atoms with Crippen molar-refractivity contribution in [3.8, 4) is 0 Å². The number of hydrogen-bond acceptors (Lipinski definition) is 5. The van der Waals surface area contributed by atoms with Crippen molar-refractivity contribution >= 4 is 11.5 Å². The fourth-order valence-electron chi connectivity index (χ4n) is 1.44. The molecule has 0 aromatic carbocycles. The SMILES string of the molecule is Cc1nc(N(C)CCC(C)O)ccc1[N+](=O)[O-]. The van der Waals surface area contributed by atoms with Crippen LogP contribution in [0.25, 0.3) is 0 Å². The van der Waals surface area contributed by atoms with Gasteiger partial charge in [-0.2, -0.15) is 0 Å². The summed E-state index contributed by atoms with van der Waals surface area (Å²) in [5, 5.41) is 19.8. The lowest BCUT2D eigenvalue weighted by atomic mass is 10.2. The zero-order valence-corrected chi connectivity index (χ0v) is 10.3. The molecule has 0 fully saturated rings. The topological polar surface area (TPSA) is 79.5 Å². The molecule has 0 saturated carbocycles. The first kappa shape index (κ1) is 13.4. The predicted octanol–water partition coefficient (Wildman–Crippen LogP) is 1.51. The fourth-order valence-corrected chi connectivity index (χ4v) is 1.44. The average molecular weight is 239 g/mol. The molecule has 0 saturated heterocycles. The maximum absolute atomic E-state index is 10.6. The van der Waals surface area contributed by atoms with Crippen molar-refractivity contribution < 1.29 is 10.0 Å². The minimum absolute atomic E-state index is 0.0256. The van der Waals surface area contributed by atoms with Crippen LogP contribution >= 0.6 is 0 Å². The van der Waals surface area contributed by atoms with Crippen molar-refractivity contribution in [2.24, 2.45) is 0 Å². The van der Waals surface area contributed by atoms with Gasteiger partial charge in [0, 0.05) is 19.7 Å². The highest BCUT2D eigenvalue weighted by molar-refractivity contribution is 5.46. The molecular weight excluding hydrogens is 222 g/mol. The van der Waals surface area contributed by atoms with E-state index in [9.17, 15) is 15.2 Å². The third kappa shape index (κ3) is 3.67. The van der Waals surface area contributed by atoms with Crippen LogP contribution in [-0.4, -0.2) is 34.7 Å². The third-order valence-corrected chi connectivity index (χ3v) is 2.51. The van der Waals surface area contributed by atoms with Crippen LogP contribution in [0, 0.1) is 17.0 Å². The summed E-state index contributed by atoms with van der Waals surface area (Å²) < 4.78 is 0. The van der Waals surface area contributed by atoms with Gasteiger partial charge in [0.15, 0.2) is 0 Å². The van der Waals surface area contributed by atoms with Gasteiger partial charge in [-0.05, 0) is 26.3 Å². The highest BCUT2D eigenvalue weighted by Gasteiger charge is 2.13. The molecule has 6 heteroatoms. The average Bonchev–Trinajstić information content (AvgIpc) is 2.25. The number of aliphatic hydroxyl groups excluding tert-OH is 1. The Morgan fingerprint density at radius 2 is 2.24 bits per heavy atom. The van der Waals surface area contributed by atoms with Crippen molar-refractivity contribution in [2.75, 3.05) is 18.5 Å². The van der Waals surface area contributed by atoms with Crippen LogP contribution in [-0.2, 0) is 0 Å². The fraction of sp³-hybridized carbons (Fsp3) is 0.545. The minimum atomic E-state index is -0.443. The first-order valence-electron chi connectivity index (χ1n) is 5.43. The summed E-state index contributed by atoms with van der Waals surface area (Å²) in [6, 6.07) is 3.07. The van der Waals surface area contributed by atoms with Gasteiger partial charge in [0.2, 0.25) is 0 Å². The number of anilines is 1. The summed E-state index contributed by atoms with van der Waals surface area (Å²) in [7, 11) is 1.84. The summed E-state index contributed by atoms with van der Waals surface area (Å²) in [6.45, 7) is 3.99. The molecule has 1 rings (SSSR count). The van der Waals surface area contributed by atoms with Crippen LogP contribution in [0.2, 0.25) is 0 Å². The van der Waals surface area contributed by atoms with E-state index in [1.54, 1.807) is 19.9 Å². The highest BCUT2D eigenvalue weighted by atomic mass is 16.6. The van der Waals surface area contributed by atoms with Gasteiger partial charge in [-0.3, -0.25) is 10.1 Å². The Morgan fingerprint density at radius 1 is 1.59 bits per heavy atom. The van der Waals surface area contributed by atoms with Crippen molar-refractivity contribution in [2.45, 2.75) is 26.4 Å². The molecule has 94 valence electrons. The van der Waals surface area contributed by atoms with E-state index in [2.05, 4.69) is 4.98 Å². The Hall–Kier alpha value is -1.69. The number of aromatic nitrogens is 1. The Kier molecular flexibility index (Phi) is 4.39. The molecule has 0 aliphatic rings. The molecule has 1 heterocycles. The lowest BCUT2D eigenvalue weighted by Crippen LogP contribution is -2.23. The van der Waals surface area contributed by atoms with E-state index >= 15 is 0 Å². The largest absolute Gasteiger partial charge is 0.393 e. The van der Waals surface area contributed by atoms with Gasteiger partial charge in [-0.25, -0.2) is 4.98 Å². The van der Waals surface area contributed by atoms with Crippen molar-refractivity contribution in [1.29, 1.82) is 0 Å². The second kappa shape index (κ2) is 5.58.